The summed E-state index contributed by atoms with van der Waals surface area (Å²) < 4.78 is 22.6. The molecule has 0 saturated carbocycles. The van der Waals surface area contributed by atoms with Crippen LogP contribution >= 0.6 is 11.7 Å². The molecule has 1 aromatic carbocycles. The van der Waals surface area contributed by atoms with Crippen LogP contribution in [-0.2, 0) is 0 Å². The van der Waals surface area contributed by atoms with E-state index < -0.39 is 0 Å². The van der Waals surface area contributed by atoms with Crippen molar-refractivity contribution >= 4 is 28.4 Å². The van der Waals surface area contributed by atoms with E-state index in [2.05, 4.69) is 8.75 Å². The van der Waals surface area contributed by atoms with Crippen LogP contribution in [0.4, 0.5) is 5.69 Å². The summed E-state index contributed by atoms with van der Waals surface area (Å²) in [5.41, 5.74) is 6.82. The van der Waals surface area contributed by atoms with Crippen molar-refractivity contribution in [2.75, 3.05) is 5.73 Å². The van der Waals surface area contributed by atoms with Crippen LogP contribution in [0.3, 0.4) is 0 Å². The van der Waals surface area contributed by atoms with Crippen LogP contribution < -0.4 is 5.73 Å². The summed E-state index contributed by atoms with van der Waals surface area (Å²) >= 11 is 1.01. The van der Waals surface area contributed by atoms with E-state index in [-0.39, 0.29) is 12.1 Å². The minimum atomic E-state index is 0.139. The fraction of sp³-hybridized carbons (Fsp3) is 0. The van der Waals surface area contributed by atoms with Gasteiger partial charge in [-0.3, -0.25) is 0 Å². The molecule has 1 heterocycles. The summed E-state index contributed by atoms with van der Waals surface area (Å²) in [6.07, 6.45) is 0. The van der Waals surface area contributed by atoms with Gasteiger partial charge in [-0.1, -0.05) is 6.07 Å². The van der Waals surface area contributed by atoms with Crippen molar-refractivity contribution in [1.82, 2.24) is 8.75 Å². The fourth-order valence-electron chi connectivity index (χ4n) is 0.711. The van der Waals surface area contributed by atoms with Crippen LogP contribution in [0.5, 0.6) is 0 Å². The Hall–Kier alpha value is -1.16. The summed E-state index contributed by atoms with van der Waals surface area (Å²) in [6, 6.07) is 1.72. The first-order valence-electron chi connectivity index (χ1n) is 3.68. The summed E-state index contributed by atoms with van der Waals surface area (Å²) in [7, 11) is 0. The molecule has 2 rings (SSSR count). The molecule has 2 aromatic rings. The highest BCUT2D eigenvalue weighted by Crippen LogP contribution is 2.17. The van der Waals surface area contributed by atoms with Crippen molar-refractivity contribution in [3.63, 3.8) is 0 Å². The zero-order chi connectivity index (χ0) is 8.72. The second-order valence-corrected chi connectivity index (χ2v) is 2.34. The van der Waals surface area contributed by atoms with Gasteiger partial charge in [-0.05, 0) is 12.1 Å². The van der Waals surface area contributed by atoms with Crippen molar-refractivity contribution in [1.29, 1.82) is 0 Å². The van der Waals surface area contributed by atoms with Crippen molar-refractivity contribution in [2.24, 2.45) is 0 Å². The van der Waals surface area contributed by atoms with E-state index in [9.17, 15) is 0 Å². The monoisotopic (exact) mass is 153 g/mol. The van der Waals surface area contributed by atoms with Gasteiger partial charge in [0.15, 0.2) is 0 Å². The van der Waals surface area contributed by atoms with Gasteiger partial charge >= 0.3 is 0 Å². The Morgan fingerprint density at radius 1 is 1.50 bits per heavy atom. The third kappa shape index (κ3) is 0.657. The first-order chi connectivity index (χ1) is 5.70. The number of fused-ring (bicyclic) bond motifs is 1. The van der Waals surface area contributed by atoms with E-state index in [0.717, 1.165) is 11.7 Å². The second-order valence-electron chi connectivity index (χ2n) is 1.81. The van der Waals surface area contributed by atoms with Crippen molar-refractivity contribution in [2.45, 2.75) is 0 Å². The molecular weight excluding hydrogens is 146 g/mol. The predicted molar refractivity (Wildman–Crippen MR) is 41.8 cm³/mol. The number of nitrogens with two attached hydrogens (primary N) is 1. The molecular formula is C6H5N3S. The smallest absolute Gasteiger partial charge is 0.127 e. The molecule has 0 unspecified atom stereocenters. The molecule has 0 bridgehead atoms. The number of nitrogens with zero attached hydrogens (tertiary/aromatic N) is 2. The van der Waals surface area contributed by atoms with Crippen molar-refractivity contribution in [3.8, 4) is 0 Å². The Kier molecular flexibility index (Phi) is 0.742. The third-order valence-corrected chi connectivity index (χ3v) is 1.71. The van der Waals surface area contributed by atoms with Gasteiger partial charge in [-0.15, -0.1) is 0 Å². The van der Waals surface area contributed by atoms with Gasteiger partial charge in [0.1, 0.15) is 11.0 Å². The van der Waals surface area contributed by atoms with Gasteiger partial charge < -0.3 is 5.73 Å². The minimum Gasteiger partial charge on any atom is -0.397 e. The second kappa shape index (κ2) is 1.91. The number of hydrogen-bond acceptors (Lipinski definition) is 4. The van der Waals surface area contributed by atoms with E-state index in [1.165, 1.54) is 6.07 Å². The molecule has 50 valence electrons. The number of aromatic nitrogens is 2. The highest BCUT2D eigenvalue weighted by molar-refractivity contribution is 7.00. The zero-order valence-corrected chi connectivity index (χ0v) is 5.77. The van der Waals surface area contributed by atoms with E-state index in [4.69, 9.17) is 8.48 Å². The maximum absolute atomic E-state index is 7.45. The number of nitrogen functional groups attached to an aromatic ring is 1. The lowest BCUT2D eigenvalue weighted by atomic mass is 10.3. The molecule has 0 aliphatic rings. The molecule has 0 fully saturated rings. The van der Waals surface area contributed by atoms with Crippen LogP contribution in [0.2, 0.25) is 0 Å². The number of benzene rings is 1. The van der Waals surface area contributed by atoms with Gasteiger partial charge in [0.2, 0.25) is 0 Å². The third-order valence-electron chi connectivity index (χ3n) is 1.18. The standard InChI is InChI=1S/C6H5N3S/c7-4-2-1-3-5-6(4)9-10-8-5/h1-3H,7H2/i2D,3D. The van der Waals surface area contributed by atoms with E-state index in [1.54, 1.807) is 0 Å². The maximum atomic E-state index is 7.45. The Bertz CT molecular complexity index is 440. The van der Waals surface area contributed by atoms with Crippen molar-refractivity contribution < 1.29 is 2.74 Å². The molecule has 0 aliphatic heterocycles. The van der Waals surface area contributed by atoms with Crippen LogP contribution in [-0.4, -0.2) is 8.75 Å². The van der Waals surface area contributed by atoms with E-state index in [1.807, 2.05) is 0 Å². The largest absolute Gasteiger partial charge is 0.397 e. The molecule has 0 atom stereocenters. The topological polar surface area (TPSA) is 51.8 Å². The van der Waals surface area contributed by atoms with Crippen LogP contribution in [0.1, 0.15) is 2.74 Å². The predicted octanol–water partition coefficient (Wildman–Crippen LogP) is 1.27. The SMILES string of the molecule is [2H]c1cc([2H])c2nsnc2c1N. The van der Waals surface area contributed by atoms with Gasteiger partial charge in [0, 0.05) is 0 Å². The summed E-state index contributed by atoms with van der Waals surface area (Å²) in [5, 5.41) is 0. The molecule has 2 N–H and O–H groups in total. The van der Waals surface area contributed by atoms with Crippen molar-refractivity contribution in [3.05, 3.63) is 18.2 Å². The lowest BCUT2D eigenvalue weighted by Crippen LogP contribution is -1.84. The lowest BCUT2D eigenvalue weighted by molar-refractivity contribution is 1.63. The van der Waals surface area contributed by atoms with Crippen LogP contribution in [0.25, 0.3) is 11.0 Å². The molecule has 1 aromatic heterocycles. The highest BCUT2D eigenvalue weighted by Gasteiger charge is 1.98. The first-order valence-corrected chi connectivity index (χ1v) is 3.41. The summed E-state index contributed by atoms with van der Waals surface area (Å²) in [6.45, 7) is 0. The Morgan fingerprint density at radius 3 is 3.30 bits per heavy atom. The first kappa shape index (κ1) is 3.88. The van der Waals surface area contributed by atoms with Crippen LogP contribution in [0.15, 0.2) is 18.2 Å². The van der Waals surface area contributed by atoms with E-state index >= 15 is 0 Å². The summed E-state index contributed by atoms with van der Waals surface area (Å²) in [5.74, 6) is 0. The van der Waals surface area contributed by atoms with Gasteiger partial charge in [0.05, 0.1) is 20.2 Å². The molecule has 0 saturated heterocycles. The average molecular weight is 153 g/mol. The average Bonchev–Trinajstić information content (AvgIpc) is 2.48. The maximum Gasteiger partial charge on any atom is 0.127 e. The lowest BCUT2D eigenvalue weighted by Gasteiger charge is -1.89. The minimum absolute atomic E-state index is 0.139. The molecule has 0 aliphatic carbocycles. The number of hydrogen-bond donors (Lipinski definition) is 1. The molecule has 3 nitrogen and oxygen atoms in total. The van der Waals surface area contributed by atoms with Gasteiger partial charge in [0.25, 0.3) is 0 Å². The van der Waals surface area contributed by atoms with Crippen LogP contribution in [0, 0.1) is 0 Å². The highest BCUT2D eigenvalue weighted by atomic mass is 32.1. The molecule has 4 heteroatoms. The quantitative estimate of drug-likeness (QED) is 0.580. The number of anilines is 1. The Labute approximate surface area is 64.6 Å². The Morgan fingerprint density at radius 2 is 2.40 bits per heavy atom. The molecule has 0 radical (unpaired) electrons. The Balaban J connectivity index is 2.97. The molecule has 10 heavy (non-hydrogen) atoms. The molecule has 0 amide bonds. The van der Waals surface area contributed by atoms with Gasteiger partial charge in [-0.25, -0.2) is 0 Å². The van der Waals surface area contributed by atoms with E-state index in [0.29, 0.717) is 16.7 Å². The molecule has 0 spiro atoms. The zero-order valence-electron chi connectivity index (χ0n) is 6.96. The normalized spacial score (nSPS) is 13.2. The number of rotatable bonds is 0. The fourth-order valence-corrected chi connectivity index (χ4v) is 1.24. The van der Waals surface area contributed by atoms with Gasteiger partial charge in [-0.2, -0.15) is 8.75 Å². The summed E-state index contributed by atoms with van der Waals surface area (Å²) in [4.78, 5) is 0.